The fraction of sp³-hybridized carbons (Fsp3) is 0.500. The number of sulfone groups is 1. The molecule has 168 valence electrons. The van der Waals surface area contributed by atoms with E-state index in [9.17, 15) is 21.6 Å². The average molecular weight is 454 g/mol. The van der Waals surface area contributed by atoms with E-state index in [1.165, 1.54) is 17.7 Å². The van der Waals surface area contributed by atoms with Crippen molar-refractivity contribution in [1.82, 2.24) is 9.88 Å². The summed E-state index contributed by atoms with van der Waals surface area (Å²) >= 11 is 0. The maximum atomic E-state index is 12.8. The third-order valence-corrected chi connectivity index (χ3v) is 7.61. The molecule has 1 aliphatic heterocycles. The molecule has 1 aromatic heterocycles. The highest BCUT2D eigenvalue weighted by Crippen LogP contribution is 2.48. The average Bonchev–Trinajstić information content (AvgIpc) is 3.37. The molecule has 0 atom stereocenters. The smallest absolute Gasteiger partial charge is 0.357 e. The molecule has 1 saturated heterocycles. The predicted molar refractivity (Wildman–Crippen MR) is 112 cm³/mol. The maximum Gasteiger partial charge on any atom is 0.501 e. The molecule has 1 aliphatic carbocycles. The van der Waals surface area contributed by atoms with Gasteiger partial charge in [0.25, 0.3) is 9.84 Å². The number of nitrogens with zero attached hydrogens (tertiary/aromatic N) is 3. The third-order valence-electron chi connectivity index (χ3n) is 6.11. The zero-order chi connectivity index (χ0) is 22.7. The van der Waals surface area contributed by atoms with Gasteiger partial charge in [-0.2, -0.15) is 13.2 Å². The van der Waals surface area contributed by atoms with Crippen molar-refractivity contribution in [3.63, 3.8) is 0 Å². The Bertz CT molecular complexity index is 1070. The van der Waals surface area contributed by atoms with Crippen molar-refractivity contribution in [2.24, 2.45) is 0 Å². The van der Waals surface area contributed by atoms with Gasteiger partial charge < -0.3 is 4.90 Å². The molecule has 0 N–H and O–H groups in total. The Balaban J connectivity index is 1.51. The SMILES string of the molecule is CC(C)(C)c1cc(CN2CN(c3ccc(S(=O)(=O)C(F)(F)F)cc3)CC23CC3)ccn1. The van der Waals surface area contributed by atoms with E-state index in [1.807, 2.05) is 12.3 Å². The predicted octanol–water partition coefficient (Wildman–Crippen LogP) is 4.48. The summed E-state index contributed by atoms with van der Waals surface area (Å²) in [4.78, 5) is 8.26. The van der Waals surface area contributed by atoms with Crippen LogP contribution in [-0.4, -0.2) is 42.6 Å². The fourth-order valence-electron chi connectivity index (χ4n) is 4.04. The van der Waals surface area contributed by atoms with Gasteiger partial charge in [-0.25, -0.2) is 8.42 Å². The minimum absolute atomic E-state index is 0.0389. The summed E-state index contributed by atoms with van der Waals surface area (Å²) in [6.07, 6.45) is 3.98. The van der Waals surface area contributed by atoms with Crippen molar-refractivity contribution < 1.29 is 21.6 Å². The van der Waals surface area contributed by atoms with E-state index < -0.39 is 20.2 Å². The highest BCUT2D eigenvalue weighted by Gasteiger charge is 2.53. The Labute approximate surface area is 180 Å². The lowest BCUT2D eigenvalue weighted by atomic mass is 9.91. The standard InChI is InChI=1S/C22H26F3N3O2S/c1-20(2,3)19-12-16(8-11-26-19)13-28-15-27(14-21(28)9-10-21)17-4-6-18(7-5-17)31(29,30)22(23,24)25/h4-8,11-12H,9-10,13-15H2,1-3H3. The first-order valence-electron chi connectivity index (χ1n) is 10.2. The van der Waals surface area contributed by atoms with Gasteiger partial charge in [-0.3, -0.25) is 9.88 Å². The Hall–Kier alpha value is -2.13. The van der Waals surface area contributed by atoms with Crippen LogP contribution in [0.25, 0.3) is 0 Å². The molecule has 31 heavy (non-hydrogen) atoms. The molecule has 9 heteroatoms. The van der Waals surface area contributed by atoms with Crippen LogP contribution in [0.1, 0.15) is 44.9 Å². The highest BCUT2D eigenvalue weighted by molar-refractivity contribution is 7.92. The molecule has 0 bridgehead atoms. The molecule has 0 amide bonds. The Morgan fingerprint density at radius 1 is 1.06 bits per heavy atom. The lowest BCUT2D eigenvalue weighted by molar-refractivity contribution is -0.0436. The van der Waals surface area contributed by atoms with Crippen LogP contribution < -0.4 is 4.90 Å². The van der Waals surface area contributed by atoms with Crippen molar-refractivity contribution >= 4 is 15.5 Å². The van der Waals surface area contributed by atoms with E-state index in [1.54, 1.807) is 0 Å². The van der Waals surface area contributed by atoms with Crippen molar-refractivity contribution in [1.29, 1.82) is 0 Å². The van der Waals surface area contributed by atoms with Gasteiger partial charge >= 0.3 is 5.51 Å². The molecule has 1 spiro atoms. The van der Waals surface area contributed by atoms with E-state index in [2.05, 4.69) is 41.6 Å². The molecule has 2 aromatic rings. The molecule has 1 aromatic carbocycles. The van der Waals surface area contributed by atoms with Crippen molar-refractivity contribution in [2.75, 3.05) is 18.1 Å². The number of pyridine rings is 1. The summed E-state index contributed by atoms with van der Waals surface area (Å²) in [5.74, 6) is 0. The second-order valence-electron chi connectivity index (χ2n) is 9.50. The van der Waals surface area contributed by atoms with Crippen LogP contribution in [-0.2, 0) is 21.8 Å². The van der Waals surface area contributed by atoms with Gasteiger partial charge in [-0.05, 0) is 54.8 Å². The molecule has 0 radical (unpaired) electrons. The Kier molecular flexibility index (Phi) is 5.13. The first-order valence-corrected chi connectivity index (χ1v) is 11.7. The lowest BCUT2D eigenvalue weighted by Crippen LogP contribution is -2.32. The topological polar surface area (TPSA) is 53.5 Å². The van der Waals surface area contributed by atoms with Gasteiger partial charge in [0.1, 0.15) is 0 Å². The Morgan fingerprint density at radius 2 is 1.71 bits per heavy atom. The summed E-state index contributed by atoms with van der Waals surface area (Å²) < 4.78 is 61.5. The van der Waals surface area contributed by atoms with Crippen molar-refractivity contribution in [3.05, 3.63) is 53.9 Å². The zero-order valence-corrected chi connectivity index (χ0v) is 18.6. The largest absolute Gasteiger partial charge is 0.501 e. The molecule has 2 fully saturated rings. The van der Waals surface area contributed by atoms with Crippen molar-refractivity contribution in [3.8, 4) is 0 Å². The van der Waals surface area contributed by atoms with E-state index in [4.69, 9.17) is 0 Å². The lowest BCUT2D eigenvalue weighted by Gasteiger charge is -2.24. The van der Waals surface area contributed by atoms with Gasteiger partial charge in [0.2, 0.25) is 0 Å². The number of benzene rings is 1. The first kappa shape index (κ1) is 22.1. The molecule has 0 unspecified atom stereocenters. The second-order valence-corrected chi connectivity index (χ2v) is 11.4. The van der Waals surface area contributed by atoms with Crippen LogP contribution in [0.2, 0.25) is 0 Å². The number of rotatable bonds is 4. The number of hydrogen-bond donors (Lipinski definition) is 0. The minimum atomic E-state index is -5.33. The number of anilines is 1. The van der Waals surface area contributed by atoms with Crippen LogP contribution in [0, 0.1) is 0 Å². The zero-order valence-electron chi connectivity index (χ0n) is 17.8. The second kappa shape index (κ2) is 7.20. The van der Waals surface area contributed by atoms with E-state index >= 15 is 0 Å². The van der Waals surface area contributed by atoms with Gasteiger partial charge in [-0.15, -0.1) is 0 Å². The van der Waals surface area contributed by atoms with Crippen LogP contribution in [0.4, 0.5) is 18.9 Å². The summed E-state index contributed by atoms with van der Waals surface area (Å²) in [6, 6.07) is 9.16. The number of alkyl halides is 3. The van der Waals surface area contributed by atoms with Gasteiger partial charge in [-0.1, -0.05) is 20.8 Å². The minimum Gasteiger partial charge on any atom is -0.357 e. The summed E-state index contributed by atoms with van der Waals surface area (Å²) in [5, 5.41) is 0. The summed E-state index contributed by atoms with van der Waals surface area (Å²) in [7, 11) is -5.33. The van der Waals surface area contributed by atoms with Crippen LogP contribution in [0.15, 0.2) is 47.5 Å². The summed E-state index contributed by atoms with van der Waals surface area (Å²) in [5.41, 5.74) is -2.33. The van der Waals surface area contributed by atoms with Gasteiger partial charge in [0.15, 0.2) is 0 Å². The Morgan fingerprint density at radius 3 is 2.26 bits per heavy atom. The number of halogens is 3. The summed E-state index contributed by atoms with van der Waals surface area (Å²) in [6.45, 7) is 8.56. The molecular formula is C22H26F3N3O2S. The molecular weight excluding hydrogens is 427 g/mol. The third kappa shape index (κ3) is 4.17. The highest BCUT2D eigenvalue weighted by atomic mass is 32.2. The van der Waals surface area contributed by atoms with E-state index in [-0.39, 0.29) is 11.0 Å². The monoisotopic (exact) mass is 453 g/mol. The number of aromatic nitrogens is 1. The first-order chi connectivity index (χ1) is 14.3. The quantitative estimate of drug-likeness (QED) is 0.683. The van der Waals surface area contributed by atoms with E-state index in [0.717, 1.165) is 49.4 Å². The van der Waals surface area contributed by atoms with Crippen LogP contribution >= 0.6 is 0 Å². The van der Waals surface area contributed by atoms with E-state index in [0.29, 0.717) is 6.67 Å². The molecule has 5 nitrogen and oxygen atoms in total. The maximum absolute atomic E-state index is 12.8. The fourth-order valence-corrected chi connectivity index (χ4v) is 4.81. The molecule has 2 heterocycles. The molecule has 1 saturated carbocycles. The van der Waals surface area contributed by atoms with Gasteiger partial charge in [0.05, 0.1) is 11.6 Å². The normalized spacial score (nSPS) is 19.2. The van der Waals surface area contributed by atoms with Crippen molar-refractivity contribution in [2.45, 2.75) is 61.5 Å². The molecule has 4 rings (SSSR count). The van der Waals surface area contributed by atoms with Gasteiger partial charge in [0, 0.05) is 41.6 Å². The molecule has 2 aliphatic rings. The van der Waals surface area contributed by atoms with Crippen LogP contribution in [0.5, 0.6) is 0 Å². The number of hydrogen-bond acceptors (Lipinski definition) is 5. The van der Waals surface area contributed by atoms with Crippen LogP contribution in [0.3, 0.4) is 0 Å².